The van der Waals surface area contributed by atoms with Gasteiger partial charge in [0.15, 0.2) is 0 Å². The van der Waals surface area contributed by atoms with Crippen LogP contribution < -0.4 is 4.74 Å². The van der Waals surface area contributed by atoms with Gasteiger partial charge in [-0.25, -0.2) is 4.79 Å². The van der Waals surface area contributed by atoms with E-state index in [-0.39, 0.29) is 5.97 Å². The molecule has 3 heteroatoms. The van der Waals surface area contributed by atoms with Gasteiger partial charge in [0.25, 0.3) is 0 Å². The molecule has 0 aliphatic heterocycles. The molecular formula is C30H37NO2. The predicted molar refractivity (Wildman–Crippen MR) is 132 cm³/mol. The second-order valence-corrected chi connectivity index (χ2v) is 10.2. The Morgan fingerprint density at radius 1 is 0.909 bits per heavy atom. The molecule has 2 aliphatic carbocycles. The van der Waals surface area contributed by atoms with Crippen LogP contribution in [0.25, 0.3) is 0 Å². The third-order valence-corrected chi connectivity index (χ3v) is 8.00. The number of carbonyl (C=O) groups is 1. The van der Waals surface area contributed by atoms with Gasteiger partial charge in [-0.3, -0.25) is 0 Å². The maximum atomic E-state index is 12.5. The summed E-state index contributed by atoms with van der Waals surface area (Å²) in [5.41, 5.74) is 2.49. The molecule has 2 saturated carbocycles. The largest absolute Gasteiger partial charge is 0.423 e. The molecule has 2 fully saturated rings. The number of hydrogen-bond donors (Lipinski definition) is 0. The second-order valence-electron chi connectivity index (χ2n) is 10.2. The van der Waals surface area contributed by atoms with Crippen molar-refractivity contribution >= 4 is 5.97 Å². The SMILES string of the molecule is CCCCCC[C@H]1CC[C@@H]2CC(c3ccc(C(=O)Oc4ccc(C#N)cc4)cc3)CC[C@H]2C1. The highest BCUT2D eigenvalue weighted by atomic mass is 16.5. The van der Waals surface area contributed by atoms with E-state index in [2.05, 4.69) is 25.1 Å². The Bertz CT molecular complexity index is 941. The number of esters is 1. The Labute approximate surface area is 199 Å². The maximum Gasteiger partial charge on any atom is 0.343 e. The van der Waals surface area contributed by atoms with E-state index in [1.54, 1.807) is 24.3 Å². The molecule has 0 spiro atoms. The first kappa shape index (κ1) is 23.6. The zero-order valence-corrected chi connectivity index (χ0v) is 20.0. The molecule has 0 aromatic heterocycles. The standard InChI is InChI=1S/C30H37NO2/c1-2-3-4-5-6-22-7-10-28-20-27(16-15-26(28)19-22)24-11-13-25(14-12-24)30(32)33-29-17-8-23(21-31)9-18-29/h8-9,11-14,17-18,22,26-28H,2-7,10,15-16,19-20H2,1H3/t22-,26-,27?,28+/m0/s1. The number of nitrogens with zero attached hydrogens (tertiary/aromatic N) is 1. The zero-order valence-electron chi connectivity index (χ0n) is 20.0. The minimum atomic E-state index is -0.354. The van der Waals surface area contributed by atoms with Crippen LogP contribution in [0, 0.1) is 29.1 Å². The third-order valence-electron chi connectivity index (χ3n) is 8.00. The van der Waals surface area contributed by atoms with Gasteiger partial charge in [0.2, 0.25) is 0 Å². The monoisotopic (exact) mass is 443 g/mol. The lowest BCUT2D eigenvalue weighted by molar-refractivity contribution is 0.0734. The molecular weight excluding hydrogens is 406 g/mol. The van der Waals surface area contributed by atoms with Crippen LogP contribution in [0.3, 0.4) is 0 Å². The zero-order chi connectivity index (χ0) is 23.0. The molecule has 174 valence electrons. The van der Waals surface area contributed by atoms with Crippen molar-refractivity contribution in [2.75, 3.05) is 0 Å². The first-order valence-corrected chi connectivity index (χ1v) is 13.0. The summed E-state index contributed by atoms with van der Waals surface area (Å²) >= 11 is 0. The summed E-state index contributed by atoms with van der Waals surface area (Å²) in [5.74, 6) is 3.52. The van der Waals surface area contributed by atoms with Crippen molar-refractivity contribution in [1.29, 1.82) is 5.26 Å². The highest BCUT2D eigenvalue weighted by Crippen LogP contribution is 2.48. The van der Waals surface area contributed by atoms with E-state index in [1.165, 1.54) is 76.2 Å². The van der Waals surface area contributed by atoms with Gasteiger partial charge in [-0.15, -0.1) is 0 Å². The van der Waals surface area contributed by atoms with Crippen LogP contribution in [0.4, 0.5) is 0 Å². The van der Waals surface area contributed by atoms with Gasteiger partial charge in [-0.1, -0.05) is 57.6 Å². The third kappa shape index (κ3) is 6.26. The van der Waals surface area contributed by atoms with Crippen molar-refractivity contribution in [2.24, 2.45) is 17.8 Å². The molecule has 0 bridgehead atoms. The van der Waals surface area contributed by atoms with E-state index in [9.17, 15) is 4.79 Å². The molecule has 0 saturated heterocycles. The minimum Gasteiger partial charge on any atom is -0.423 e. The average Bonchev–Trinajstić information content (AvgIpc) is 2.87. The Hall–Kier alpha value is -2.60. The topological polar surface area (TPSA) is 50.1 Å². The average molecular weight is 444 g/mol. The van der Waals surface area contributed by atoms with Crippen molar-refractivity contribution in [2.45, 2.75) is 83.5 Å². The number of benzene rings is 2. The van der Waals surface area contributed by atoms with Crippen molar-refractivity contribution in [3.05, 3.63) is 65.2 Å². The van der Waals surface area contributed by atoms with Gasteiger partial charge in [-0.2, -0.15) is 5.26 Å². The molecule has 0 N–H and O–H groups in total. The molecule has 3 nitrogen and oxygen atoms in total. The molecule has 2 aromatic carbocycles. The highest BCUT2D eigenvalue weighted by Gasteiger charge is 2.35. The van der Waals surface area contributed by atoms with Crippen LogP contribution in [0.1, 0.15) is 105 Å². The van der Waals surface area contributed by atoms with E-state index < -0.39 is 0 Å². The lowest BCUT2D eigenvalue weighted by Crippen LogP contribution is -2.30. The van der Waals surface area contributed by atoms with Crippen molar-refractivity contribution in [3.63, 3.8) is 0 Å². The molecule has 2 aliphatic rings. The molecule has 1 unspecified atom stereocenters. The van der Waals surface area contributed by atoms with E-state index in [4.69, 9.17) is 10.00 Å². The number of nitriles is 1. The summed E-state index contributed by atoms with van der Waals surface area (Å²) < 4.78 is 5.46. The van der Waals surface area contributed by atoms with E-state index >= 15 is 0 Å². The van der Waals surface area contributed by atoms with Gasteiger partial charge < -0.3 is 4.74 Å². The van der Waals surface area contributed by atoms with Crippen LogP contribution in [-0.2, 0) is 0 Å². The van der Waals surface area contributed by atoms with Crippen LogP contribution in [0.5, 0.6) is 5.75 Å². The molecule has 0 radical (unpaired) electrons. The fourth-order valence-corrected chi connectivity index (χ4v) is 6.07. The predicted octanol–water partition coefficient (Wildman–Crippen LogP) is 8.05. The Balaban J connectivity index is 1.27. The first-order chi connectivity index (χ1) is 16.2. The van der Waals surface area contributed by atoms with Crippen LogP contribution in [-0.4, -0.2) is 5.97 Å². The number of unbranched alkanes of at least 4 members (excludes halogenated alkanes) is 3. The molecule has 0 heterocycles. The summed E-state index contributed by atoms with van der Waals surface area (Å²) in [6, 6.07) is 16.7. The summed E-state index contributed by atoms with van der Waals surface area (Å²) in [4.78, 5) is 12.5. The molecule has 4 rings (SSSR count). The van der Waals surface area contributed by atoms with Gasteiger partial charge >= 0.3 is 5.97 Å². The summed E-state index contributed by atoms with van der Waals surface area (Å²) in [5, 5.41) is 8.89. The fourth-order valence-electron chi connectivity index (χ4n) is 6.07. The number of carbonyl (C=O) groups excluding carboxylic acids is 1. The number of fused-ring (bicyclic) bond motifs is 1. The summed E-state index contributed by atoms with van der Waals surface area (Å²) in [6.45, 7) is 2.29. The van der Waals surface area contributed by atoms with E-state index in [1.807, 2.05) is 12.1 Å². The summed E-state index contributed by atoms with van der Waals surface area (Å²) in [7, 11) is 0. The number of ether oxygens (including phenoxy) is 1. The first-order valence-electron chi connectivity index (χ1n) is 13.0. The van der Waals surface area contributed by atoms with Crippen LogP contribution in [0.15, 0.2) is 48.5 Å². The van der Waals surface area contributed by atoms with Gasteiger partial charge in [-0.05, 0) is 97.7 Å². The Morgan fingerprint density at radius 2 is 1.64 bits per heavy atom. The quantitative estimate of drug-likeness (QED) is 0.235. The van der Waals surface area contributed by atoms with Crippen LogP contribution >= 0.6 is 0 Å². The van der Waals surface area contributed by atoms with Gasteiger partial charge in [0.1, 0.15) is 5.75 Å². The number of hydrogen-bond acceptors (Lipinski definition) is 3. The lowest BCUT2D eigenvalue weighted by atomic mass is 9.63. The molecule has 4 atom stereocenters. The van der Waals surface area contributed by atoms with E-state index in [0.717, 1.165) is 17.8 Å². The molecule has 0 amide bonds. The smallest absolute Gasteiger partial charge is 0.343 e. The van der Waals surface area contributed by atoms with Gasteiger partial charge in [0, 0.05) is 0 Å². The van der Waals surface area contributed by atoms with Crippen molar-refractivity contribution < 1.29 is 9.53 Å². The molecule has 2 aromatic rings. The highest BCUT2D eigenvalue weighted by molar-refractivity contribution is 5.91. The van der Waals surface area contributed by atoms with Crippen molar-refractivity contribution in [3.8, 4) is 11.8 Å². The second kappa shape index (κ2) is 11.5. The molecule has 33 heavy (non-hydrogen) atoms. The minimum absolute atomic E-state index is 0.354. The lowest BCUT2D eigenvalue weighted by Gasteiger charge is -2.42. The Morgan fingerprint density at radius 3 is 2.36 bits per heavy atom. The maximum absolute atomic E-state index is 12.5. The van der Waals surface area contributed by atoms with Crippen LogP contribution in [0.2, 0.25) is 0 Å². The normalized spacial score (nSPS) is 24.5. The van der Waals surface area contributed by atoms with Crippen molar-refractivity contribution in [1.82, 2.24) is 0 Å². The fraction of sp³-hybridized carbons (Fsp3) is 0.533. The van der Waals surface area contributed by atoms with E-state index in [0.29, 0.717) is 22.8 Å². The number of rotatable bonds is 8. The van der Waals surface area contributed by atoms with Gasteiger partial charge in [0.05, 0.1) is 17.2 Å². The summed E-state index contributed by atoms with van der Waals surface area (Å²) in [6.07, 6.45) is 15.3. The Kier molecular flexibility index (Phi) is 8.21.